The summed E-state index contributed by atoms with van der Waals surface area (Å²) in [5, 5.41) is 0. The molecule has 0 aliphatic carbocycles. The first-order chi connectivity index (χ1) is 8.99. The fourth-order valence-electron chi connectivity index (χ4n) is 1.44. The van der Waals surface area contributed by atoms with Gasteiger partial charge in [-0.3, -0.25) is 9.59 Å². The topological polar surface area (TPSA) is 61.8 Å². The molecule has 0 aromatic carbocycles. The molecule has 0 saturated heterocycles. The van der Waals surface area contributed by atoms with E-state index < -0.39 is 6.10 Å². The maximum absolute atomic E-state index is 11.6. The van der Waals surface area contributed by atoms with Gasteiger partial charge in [-0.25, -0.2) is 0 Å². The van der Waals surface area contributed by atoms with Crippen molar-refractivity contribution < 1.29 is 23.8 Å². The van der Waals surface area contributed by atoms with E-state index in [0.717, 1.165) is 12.8 Å². The van der Waals surface area contributed by atoms with E-state index in [1.165, 1.54) is 0 Å². The minimum absolute atomic E-state index is 0.0932. The Morgan fingerprint density at radius 1 is 0.895 bits per heavy atom. The van der Waals surface area contributed by atoms with Crippen LogP contribution in [0.2, 0.25) is 0 Å². The van der Waals surface area contributed by atoms with E-state index in [1.54, 1.807) is 6.92 Å². The SMILES string of the molecule is CCCOC(=O)CC(C)OC(=O)CC(C)OCCC. The van der Waals surface area contributed by atoms with Crippen LogP contribution in [0.4, 0.5) is 0 Å². The van der Waals surface area contributed by atoms with Crippen LogP contribution in [0.1, 0.15) is 53.4 Å². The predicted molar refractivity (Wildman–Crippen MR) is 71.7 cm³/mol. The average Bonchev–Trinajstić information content (AvgIpc) is 2.33. The molecule has 0 saturated carbocycles. The van der Waals surface area contributed by atoms with Gasteiger partial charge in [0.2, 0.25) is 0 Å². The molecule has 0 heterocycles. The molecule has 0 aliphatic heterocycles. The third kappa shape index (κ3) is 10.5. The number of carbonyl (C=O) groups is 2. The smallest absolute Gasteiger partial charge is 0.309 e. The summed E-state index contributed by atoms with van der Waals surface area (Å²) >= 11 is 0. The van der Waals surface area contributed by atoms with Crippen molar-refractivity contribution in [2.24, 2.45) is 0 Å². The Hall–Kier alpha value is -1.10. The van der Waals surface area contributed by atoms with E-state index in [1.807, 2.05) is 20.8 Å². The van der Waals surface area contributed by atoms with Crippen molar-refractivity contribution in [2.45, 2.75) is 65.6 Å². The number of ether oxygens (including phenoxy) is 3. The lowest BCUT2D eigenvalue weighted by Crippen LogP contribution is -2.23. The molecule has 19 heavy (non-hydrogen) atoms. The van der Waals surface area contributed by atoms with E-state index in [-0.39, 0.29) is 30.9 Å². The molecule has 0 bridgehead atoms. The lowest BCUT2D eigenvalue weighted by atomic mass is 10.2. The van der Waals surface area contributed by atoms with Crippen LogP contribution in [0.25, 0.3) is 0 Å². The first kappa shape index (κ1) is 17.9. The average molecular weight is 274 g/mol. The van der Waals surface area contributed by atoms with Crippen molar-refractivity contribution in [2.75, 3.05) is 13.2 Å². The van der Waals surface area contributed by atoms with Crippen LogP contribution in [0.3, 0.4) is 0 Å². The summed E-state index contributed by atoms with van der Waals surface area (Å²) in [7, 11) is 0. The Morgan fingerprint density at radius 3 is 2.05 bits per heavy atom. The molecular weight excluding hydrogens is 248 g/mol. The van der Waals surface area contributed by atoms with Gasteiger partial charge < -0.3 is 14.2 Å². The van der Waals surface area contributed by atoms with Gasteiger partial charge in [0.25, 0.3) is 0 Å². The second kappa shape index (κ2) is 10.8. The normalized spacial score (nSPS) is 13.7. The number of carbonyl (C=O) groups excluding carboxylic acids is 2. The van der Waals surface area contributed by atoms with E-state index in [9.17, 15) is 9.59 Å². The second-order valence-corrected chi connectivity index (χ2v) is 4.61. The third-order valence-corrected chi connectivity index (χ3v) is 2.31. The number of rotatable bonds is 10. The summed E-state index contributed by atoms with van der Waals surface area (Å²) in [6.45, 7) is 8.48. The molecule has 0 aromatic heterocycles. The summed E-state index contributed by atoms with van der Waals surface area (Å²) in [4.78, 5) is 22.9. The Balaban J connectivity index is 3.82. The Bertz CT molecular complexity index is 265. The summed E-state index contributed by atoms with van der Waals surface area (Å²) in [5.74, 6) is -0.683. The molecule has 2 atom stereocenters. The first-order valence-electron chi connectivity index (χ1n) is 6.96. The summed E-state index contributed by atoms with van der Waals surface area (Å²) in [5.41, 5.74) is 0. The molecule has 0 radical (unpaired) electrons. The zero-order valence-electron chi connectivity index (χ0n) is 12.4. The van der Waals surface area contributed by atoms with Crippen LogP contribution < -0.4 is 0 Å². The molecule has 0 amide bonds. The van der Waals surface area contributed by atoms with Crippen molar-refractivity contribution in [3.8, 4) is 0 Å². The van der Waals surface area contributed by atoms with Gasteiger partial charge in [0.05, 0.1) is 25.6 Å². The number of esters is 2. The highest BCUT2D eigenvalue weighted by Gasteiger charge is 2.17. The van der Waals surface area contributed by atoms with Gasteiger partial charge >= 0.3 is 11.9 Å². The van der Waals surface area contributed by atoms with Crippen LogP contribution in [-0.4, -0.2) is 37.4 Å². The fourth-order valence-corrected chi connectivity index (χ4v) is 1.44. The first-order valence-corrected chi connectivity index (χ1v) is 6.96. The van der Waals surface area contributed by atoms with Gasteiger partial charge in [-0.2, -0.15) is 0 Å². The summed E-state index contributed by atoms with van der Waals surface area (Å²) in [6, 6.07) is 0. The molecular formula is C14H26O5. The zero-order chi connectivity index (χ0) is 14.7. The van der Waals surface area contributed by atoms with Crippen molar-refractivity contribution in [3.05, 3.63) is 0 Å². The van der Waals surface area contributed by atoms with Crippen molar-refractivity contribution in [3.63, 3.8) is 0 Å². The van der Waals surface area contributed by atoms with E-state index in [0.29, 0.717) is 13.2 Å². The van der Waals surface area contributed by atoms with Crippen LogP contribution in [0, 0.1) is 0 Å². The highest BCUT2D eigenvalue weighted by molar-refractivity contribution is 5.72. The maximum Gasteiger partial charge on any atom is 0.309 e. The molecule has 2 unspecified atom stereocenters. The minimum Gasteiger partial charge on any atom is -0.466 e. The molecule has 0 fully saturated rings. The summed E-state index contributed by atoms with van der Waals surface area (Å²) in [6.07, 6.45) is 1.37. The molecule has 5 heteroatoms. The molecule has 0 rings (SSSR count). The van der Waals surface area contributed by atoms with Gasteiger partial charge in [0.1, 0.15) is 6.10 Å². The molecule has 5 nitrogen and oxygen atoms in total. The molecule has 112 valence electrons. The Kier molecular flexibility index (Phi) is 10.2. The standard InChI is InChI=1S/C14H26O5/c1-5-7-17-11(3)9-14(16)19-12(4)10-13(15)18-8-6-2/h11-12H,5-10H2,1-4H3. The highest BCUT2D eigenvalue weighted by Crippen LogP contribution is 2.06. The molecule has 0 aliphatic rings. The minimum atomic E-state index is -0.463. The van der Waals surface area contributed by atoms with Crippen molar-refractivity contribution in [1.82, 2.24) is 0 Å². The lowest BCUT2D eigenvalue weighted by molar-refractivity contribution is -0.156. The third-order valence-electron chi connectivity index (χ3n) is 2.31. The van der Waals surface area contributed by atoms with Gasteiger partial charge in [0.15, 0.2) is 0 Å². The maximum atomic E-state index is 11.6. The van der Waals surface area contributed by atoms with Gasteiger partial charge in [-0.15, -0.1) is 0 Å². The van der Waals surface area contributed by atoms with Crippen LogP contribution in [-0.2, 0) is 23.8 Å². The largest absolute Gasteiger partial charge is 0.466 e. The van der Waals surface area contributed by atoms with Gasteiger partial charge in [0, 0.05) is 6.61 Å². The van der Waals surface area contributed by atoms with Crippen molar-refractivity contribution in [1.29, 1.82) is 0 Å². The van der Waals surface area contributed by atoms with Crippen LogP contribution in [0.5, 0.6) is 0 Å². The second-order valence-electron chi connectivity index (χ2n) is 4.61. The van der Waals surface area contributed by atoms with Gasteiger partial charge in [-0.05, 0) is 26.7 Å². The van der Waals surface area contributed by atoms with Crippen LogP contribution in [0.15, 0.2) is 0 Å². The number of hydrogen-bond acceptors (Lipinski definition) is 5. The quantitative estimate of drug-likeness (QED) is 0.573. The monoisotopic (exact) mass is 274 g/mol. The Labute approximate surface area is 115 Å². The number of hydrogen-bond donors (Lipinski definition) is 0. The summed E-state index contributed by atoms with van der Waals surface area (Å²) < 4.78 is 15.4. The lowest BCUT2D eigenvalue weighted by Gasteiger charge is -2.15. The van der Waals surface area contributed by atoms with E-state index >= 15 is 0 Å². The van der Waals surface area contributed by atoms with Gasteiger partial charge in [-0.1, -0.05) is 13.8 Å². The molecule has 0 aromatic rings. The Morgan fingerprint density at radius 2 is 1.47 bits per heavy atom. The zero-order valence-corrected chi connectivity index (χ0v) is 12.4. The van der Waals surface area contributed by atoms with Crippen molar-refractivity contribution >= 4 is 11.9 Å². The molecule has 0 spiro atoms. The predicted octanol–water partition coefficient (Wildman–Crippen LogP) is 2.47. The fraction of sp³-hybridized carbons (Fsp3) is 0.857. The highest BCUT2D eigenvalue weighted by atomic mass is 16.6. The van der Waals surface area contributed by atoms with E-state index in [2.05, 4.69) is 0 Å². The molecule has 0 N–H and O–H groups in total. The van der Waals surface area contributed by atoms with Crippen LogP contribution >= 0.6 is 0 Å². The van der Waals surface area contributed by atoms with E-state index in [4.69, 9.17) is 14.2 Å².